The number of nitrogens with one attached hydrogen (secondary N) is 2. The van der Waals surface area contributed by atoms with Gasteiger partial charge in [0.05, 0.1) is 4.90 Å². The van der Waals surface area contributed by atoms with Crippen molar-refractivity contribution >= 4 is 40.0 Å². The number of benzene rings is 2. The van der Waals surface area contributed by atoms with Gasteiger partial charge in [0.1, 0.15) is 0 Å². The van der Waals surface area contributed by atoms with Crippen molar-refractivity contribution in [3.05, 3.63) is 65.7 Å². The van der Waals surface area contributed by atoms with Gasteiger partial charge in [-0.1, -0.05) is 48.5 Å². The van der Waals surface area contributed by atoms with Crippen molar-refractivity contribution in [2.24, 2.45) is 4.99 Å². The molecule has 0 aliphatic carbocycles. The van der Waals surface area contributed by atoms with Crippen molar-refractivity contribution in [2.75, 3.05) is 34.2 Å². The highest BCUT2D eigenvalue weighted by Crippen LogP contribution is 2.20. The molecule has 1 heterocycles. The third kappa shape index (κ3) is 6.90. The van der Waals surface area contributed by atoms with Crippen molar-refractivity contribution in [1.29, 1.82) is 0 Å². The van der Waals surface area contributed by atoms with E-state index in [9.17, 15) is 8.42 Å². The molecule has 0 aromatic heterocycles. The summed E-state index contributed by atoms with van der Waals surface area (Å²) in [6.45, 7) is 3.23. The zero-order chi connectivity index (χ0) is 22.3. The summed E-state index contributed by atoms with van der Waals surface area (Å²) >= 11 is 0. The number of likely N-dealkylation sites (tertiary alicyclic amines) is 1. The minimum Gasteiger partial charge on any atom is -0.355 e. The van der Waals surface area contributed by atoms with Crippen LogP contribution in [0.4, 0.5) is 0 Å². The predicted molar refractivity (Wildman–Crippen MR) is 141 cm³/mol. The van der Waals surface area contributed by atoms with Crippen LogP contribution in [-0.2, 0) is 23.1 Å². The number of sulfonamides is 1. The Hall–Kier alpha value is -1.69. The van der Waals surface area contributed by atoms with E-state index in [-0.39, 0.29) is 24.0 Å². The number of hydrogen-bond donors (Lipinski definition) is 2. The van der Waals surface area contributed by atoms with E-state index in [0.717, 1.165) is 26.1 Å². The van der Waals surface area contributed by atoms with Crippen LogP contribution in [-0.4, -0.2) is 63.9 Å². The van der Waals surface area contributed by atoms with Gasteiger partial charge in [0, 0.05) is 46.8 Å². The number of guanidine groups is 1. The van der Waals surface area contributed by atoms with Crippen LogP contribution in [0.2, 0.25) is 0 Å². The molecule has 2 N–H and O–H groups in total. The van der Waals surface area contributed by atoms with Crippen molar-refractivity contribution < 1.29 is 8.42 Å². The number of nitrogens with zero attached hydrogens (tertiary/aromatic N) is 3. The molecular weight excluding hydrogens is 537 g/mol. The van der Waals surface area contributed by atoms with E-state index >= 15 is 0 Å². The molecule has 176 valence electrons. The second-order valence-corrected chi connectivity index (χ2v) is 10.1. The first kappa shape index (κ1) is 26.6. The molecule has 2 aromatic carbocycles. The molecule has 0 spiro atoms. The van der Waals surface area contributed by atoms with Gasteiger partial charge in [-0.3, -0.25) is 9.89 Å². The Balaban J connectivity index is 0.00000363. The van der Waals surface area contributed by atoms with Gasteiger partial charge in [-0.25, -0.2) is 12.7 Å². The lowest BCUT2D eigenvalue weighted by atomic mass is 10.2. The van der Waals surface area contributed by atoms with Crippen LogP contribution in [0.3, 0.4) is 0 Å². The molecular formula is C23H34IN5O2S. The molecule has 1 atom stereocenters. The Bertz CT molecular complexity index is 983. The average Bonchev–Trinajstić information content (AvgIpc) is 3.21. The highest BCUT2D eigenvalue weighted by molar-refractivity contribution is 14.0. The van der Waals surface area contributed by atoms with Crippen molar-refractivity contribution in [1.82, 2.24) is 19.8 Å². The summed E-state index contributed by atoms with van der Waals surface area (Å²) in [4.78, 5) is 7.14. The zero-order valence-electron chi connectivity index (χ0n) is 19.0. The molecule has 9 heteroatoms. The van der Waals surface area contributed by atoms with Gasteiger partial charge in [0.15, 0.2) is 5.96 Å². The molecule has 1 fully saturated rings. The standard InChI is InChI=1S/C23H33N5O2S.HI/c1-24-23(25-16-20-12-7-8-14-22(20)31(29,30)27(2)3)26-17-21-13-9-15-28(21)18-19-10-5-4-6-11-19;/h4-8,10-12,14,21H,9,13,15-18H2,1-3H3,(H2,24,25,26);1H. The first-order valence-electron chi connectivity index (χ1n) is 10.6. The third-order valence-electron chi connectivity index (χ3n) is 5.63. The molecule has 0 radical (unpaired) electrons. The molecule has 2 aromatic rings. The van der Waals surface area contributed by atoms with E-state index in [1.54, 1.807) is 33.3 Å². The summed E-state index contributed by atoms with van der Waals surface area (Å²) in [5, 5.41) is 6.68. The van der Waals surface area contributed by atoms with E-state index in [0.29, 0.717) is 29.0 Å². The third-order valence-corrected chi connectivity index (χ3v) is 7.55. The lowest BCUT2D eigenvalue weighted by Gasteiger charge is -2.25. The van der Waals surface area contributed by atoms with E-state index in [1.807, 2.05) is 18.2 Å². The Labute approximate surface area is 209 Å². The van der Waals surface area contributed by atoms with Crippen LogP contribution < -0.4 is 10.6 Å². The summed E-state index contributed by atoms with van der Waals surface area (Å²) in [5.74, 6) is 0.670. The lowest BCUT2D eigenvalue weighted by molar-refractivity contribution is 0.245. The number of halogens is 1. The van der Waals surface area contributed by atoms with Crippen molar-refractivity contribution in [3.8, 4) is 0 Å². The van der Waals surface area contributed by atoms with E-state index in [1.165, 1.54) is 16.3 Å². The first-order valence-corrected chi connectivity index (χ1v) is 12.1. The molecule has 0 bridgehead atoms. The normalized spacial score (nSPS) is 17.2. The SMILES string of the molecule is CN=C(NCc1ccccc1S(=O)(=O)N(C)C)NCC1CCCN1Cc1ccccc1.I. The van der Waals surface area contributed by atoms with Crippen molar-refractivity contribution in [2.45, 2.75) is 36.9 Å². The van der Waals surface area contributed by atoms with Gasteiger partial charge in [-0.05, 0) is 36.6 Å². The van der Waals surface area contributed by atoms with Crippen LogP contribution in [0, 0.1) is 0 Å². The van der Waals surface area contributed by atoms with E-state index in [2.05, 4.69) is 44.8 Å². The van der Waals surface area contributed by atoms with Crippen LogP contribution in [0.5, 0.6) is 0 Å². The summed E-state index contributed by atoms with van der Waals surface area (Å²) in [6, 6.07) is 18.1. The maximum atomic E-state index is 12.6. The largest absolute Gasteiger partial charge is 0.355 e. The van der Waals surface area contributed by atoms with Crippen LogP contribution >= 0.6 is 24.0 Å². The van der Waals surface area contributed by atoms with Crippen LogP contribution in [0.1, 0.15) is 24.0 Å². The minimum absolute atomic E-state index is 0. The maximum absolute atomic E-state index is 12.6. The molecule has 0 amide bonds. The van der Waals surface area contributed by atoms with E-state index < -0.39 is 10.0 Å². The Morgan fingerprint density at radius 2 is 1.78 bits per heavy atom. The fourth-order valence-corrected chi connectivity index (χ4v) is 4.98. The Morgan fingerprint density at radius 3 is 2.47 bits per heavy atom. The number of hydrogen-bond acceptors (Lipinski definition) is 4. The molecule has 1 unspecified atom stereocenters. The highest BCUT2D eigenvalue weighted by atomic mass is 127. The monoisotopic (exact) mass is 571 g/mol. The average molecular weight is 572 g/mol. The Kier molecular flexibility index (Phi) is 10.4. The molecule has 1 aliphatic rings. The fraction of sp³-hybridized carbons (Fsp3) is 0.435. The summed E-state index contributed by atoms with van der Waals surface area (Å²) in [6.07, 6.45) is 2.35. The van der Waals surface area contributed by atoms with Crippen molar-refractivity contribution in [3.63, 3.8) is 0 Å². The topological polar surface area (TPSA) is 77.0 Å². The number of aliphatic imine (C=N–C) groups is 1. The first-order chi connectivity index (χ1) is 14.9. The fourth-order valence-electron chi connectivity index (χ4n) is 3.86. The molecule has 3 rings (SSSR count). The second kappa shape index (κ2) is 12.5. The van der Waals surface area contributed by atoms with Gasteiger partial charge < -0.3 is 10.6 Å². The highest BCUT2D eigenvalue weighted by Gasteiger charge is 2.25. The van der Waals surface area contributed by atoms with Crippen LogP contribution in [0.15, 0.2) is 64.5 Å². The lowest BCUT2D eigenvalue weighted by Crippen LogP contribution is -2.44. The summed E-state index contributed by atoms with van der Waals surface area (Å²) < 4.78 is 26.4. The smallest absolute Gasteiger partial charge is 0.242 e. The molecule has 1 saturated heterocycles. The minimum atomic E-state index is -3.50. The van der Waals surface area contributed by atoms with Gasteiger partial charge in [-0.2, -0.15) is 0 Å². The van der Waals surface area contributed by atoms with Crippen LogP contribution in [0.25, 0.3) is 0 Å². The summed E-state index contributed by atoms with van der Waals surface area (Å²) in [5.41, 5.74) is 2.04. The van der Waals surface area contributed by atoms with Gasteiger partial charge in [-0.15, -0.1) is 24.0 Å². The van der Waals surface area contributed by atoms with E-state index in [4.69, 9.17) is 0 Å². The molecule has 1 aliphatic heterocycles. The quantitative estimate of drug-likeness (QED) is 0.290. The van der Waals surface area contributed by atoms with Gasteiger partial charge >= 0.3 is 0 Å². The molecule has 32 heavy (non-hydrogen) atoms. The zero-order valence-corrected chi connectivity index (χ0v) is 22.1. The summed E-state index contributed by atoms with van der Waals surface area (Å²) in [7, 11) is 1.32. The maximum Gasteiger partial charge on any atom is 0.242 e. The molecule has 7 nitrogen and oxygen atoms in total. The second-order valence-electron chi connectivity index (χ2n) is 7.95. The number of rotatable bonds is 8. The Morgan fingerprint density at radius 1 is 1.09 bits per heavy atom. The van der Waals surface area contributed by atoms with Gasteiger partial charge in [0.2, 0.25) is 10.0 Å². The van der Waals surface area contributed by atoms with Gasteiger partial charge in [0.25, 0.3) is 0 Å². The predicted octanol–water partition coefficient (Wildman–Crippen LogP) is 2.88. The molecule has 0 saturated carbocycles.